The Kier molecular flexibility index (Phi) is 7.20. The molecule has 0 bridgehead atoms. The number of sulfonamides is 1. The van der Waals surface area contributed by atoms with E-state index >= 15 is 0 Å². The number of nitrogens with one attached hydrogen (secondary N) is 2. The first-order valence-electron chi connectivity index (χ1n) is 4.79. The van der Waals surface area contributed by atoms with Gasteiger partial charge in [0.1, 0.15) is 4.21 Å². The number of hydrogen-bond acceptors (Lipinski definition) is 4. The Morgan fingerprint density at radius 3 is 2.53 bits per heavy atom. The van der Waals surface area contributed by atoms with Crippen LogP contribution in [0, 0.1) is 6.92 Å². The molecule has 4 nitrogen and oxygen atoms in total. The molecule has 100 valence electrons. The molecule has 0 aliphatic carbocycles. The molecular formula is C9H16BrClN2O2S2. The highest BCUT2D eigenvalue weighted by molar-refractivity contribution is 9.11. The molecule has 0 aliphatic rings. The Morgan fingerprint density at radius 1 is 1.53 bits per heavy atom. The van der Waals surface area contributed by atoms with Crippen molar-refractivity contribution in [3.05, 3.63) is 15.4 Å². The van der Waals surface area contributed by atoms with Gasteiger partial charge in [0.15, 0.2) is 0 Å². The second kappa shape index (κ2) is 7.06. The Labute approximate surface area is 121 Å². The molecule has 1 rings (SSSR count). The quantitative estimate of drug-likeness (QED) is 0.842. The average molecular weight is 364 g/mol. The van der Waals surface area contributed by atoms with Crippen LogP contribution in [-0.2, 0) is 10.0 Å². The Bertz CT molecular complexity index is 442. The fourth-order valence-corrected chi connectivity index (χ4v) is 4.37. The summed E-state index contributed by atoms with van der Waals surface area (Å²) in [4.78, 5) is 0. The van der Waals surface area contributed by atoms with Crippen molar-refractivity contribution in [2.24, 2.45) is 0 Å². The van der Waals surface area contributed by atoms with Crippen molar-refractivity contribution in [1.29, 1.82) is 0 Å². The number of halogens is 2. The summed E-state index contributed by atoms with van der Waals surface area (Å²) in [7, 11) is -1.57. The van der Waals surface area contributed by atoms with Crippen LogP contribution in [0.2, 0.25) is 0 Å². The van der Waals surface area contributed by atoms with Crippen LogP contribution in [-0.4, -0.2) is 28.1 Å². The van der Waals surface area contributed by atoms with E-state index in [1.165, 1.54) is 11.3 Å². The minimum atomic E-state index is -3.37. The summed E-state index contributed by atoms with van der Waals surface area (Å²) in [5.41, 5.74) is 0.937. The fourth-order valence-electron chi connectivity index (χ4n) is 0.972. The van der Waals surface area contributed by atoms with E-state index in [-0.39, 0.29) is 18.4 Å². The van der Waals surface area contributed by atoms with Crippen molar-refractivity contribution in [3.63, 3.8) is 0 Å². The molecule has 1 unspecified atom stereocenters. The average Bonchev–Trinajstić information content (AvgIpc) is 2.56. The van der Waals surface area contributed by atoms with Gasteiger partial charge in [0, 0.05) is 12.6 Å². The second-order valence-corrected chi connectivity index (χ2v) is 7.93. The molecule has 0 saturated heterocycles. The molecule has 0 aromatic carbocycles. The maximum absolute atomic E-state index is 11.9. The number of likely N-dealkylation sites (N-methyl/N-ethyl adjacent to an activating group) is 1. The smallest absolute Gasteiger partial charge is 0.250 e. The van der Waals surface area contributed by atoms with Gasteiger partial charge in [-0.05, 0) is 48.5 Å². The molecule has 0 amide bonds. The topological polar surface area (TPSA) is 58.2 Å². The Hall–Kier alpha value is 0.340. The van der Waals surface area contributed by atoms with Gasteiger partial charge in [-0.2, -0.15) is 0 Å². The number of thiophene rings is 1. The van der Waals surface area contributed by atoms with E-state index in [9.17, 15) is 8.42 Å². The minimum absolute atomic E-state index is 0. The first kappa shape index (κ1) is 17.3. The highest BCUT2D eigenvalue weighted by Gasteiger charge is 2.18. The van der Waals surface area contributed by atoms with Crippen molar-refractivity contribution in [2.45, 2.75) is 24.1 Å². The summed E-state index contributed by atoms with van der Waals surface area (Å²) in [6.07, 6.45) is 0. The summed E-state index contributed by atoms with van der Waals surface area (Å²) < 4.78 is 27.5. The van der Waals surface area contributed by atoms with Crippen LogP contribution in [0.4, 0.5) is 0 Å². The molecule has 2 N–H and O–H groups in total. The van der Waals surface area contributed by atoms with Crippen LogP contribution in [0.5, 0.6) is 0 Å². The van der Waals surface area contributed by atoms with Gasteiger partial charge in [0.2, 0.25) is 10.0 Å². The molecular weight excluding hydrogens is 348 g/mol. The molecule has 0 saturated carbocycles. The lowest BCUT2D eigenvalue weighted by molar-refractivity contribution is 0.556. The molecule has 8 heteroatoms. The van der Waals surface area contributed by atoms with E-state index in [1.54, 1.807) is 13.1 Å². The van der Waals surface area contributed by atoms with Crippen molar-refractivity contribution < 1.29 is 8.42 Å². The summed E-state index contributed by atoms with van der Waals surface area (Å²) in [6.45, 7) is 4.17. The van der Waals surface area contributed by atoms with Crippen LogP contribution < -0.4 is 10.0 Å². The van der Waals surface area contributed by atoms with E-state index in [2.05, 4.69) is 26.0 Å². The highest BCUT2D eigenvalue weighted by atomic mass is 79.9. The molecule has 0 aliphatic heterocycles. The second-order valence-electron chi connectivity index (χ2n) is 3.56. The van der Waals surface area contributed by atoms with Gasteiger partial charge in [-0.25, -0.2) is 13.1 Å². The van der Waals surface area contributed by atoms with E-state index in [0.717, 1.165) is 9.35 Å². The Morgan fingerprint density at radius 2 is 2.12 bits per heavy atom. The first-order chi connectivity index (χ1) is 7.36. The van der Waals surface area contributed by atoms with Gasteiger partial charge in [-0.1, -0.05) is 0 Å². The molecule has 1 aromatic rings. The molecule has 1 atom stereocenters. The number of hydrogen-bond donors (Lipinski definition) is 2. The van der Waals surface area contributed by atoms with Crippen LogP contribution >= 0.6 is 39.7 Å². The van der Waals surface area contributed by atoms with Crippen LogP contribution in [0.3, 0.4) is 0 Å². The van der Waals surface area contributed by atoms with Gasteiger partial charge >= 0.3 is 0 Å². The summed E-state index contributed by atoms with van der Waals surface area (Å²) in [6, 6.07) is 1.78. The third kappa shape index (κ3) is 4.84. The molecule has 1 aromatic heterocycles. The van der Waals surface area contributed by atoms with E-state index in [4.69, 9.17) is 0 Å². The highest BCUT2D eigenvalue weighted by Crippen LogP contribution is 2.30. The lowest BCUT2D eigenvalue weighted by atomic mass is 10.4. The molecule has 0 radical (unpaired) electrons. The molecule has 1 heterocycles. The van der Waals surface area contributed by atoms with E-state index < -0.39 is 10.0 Å². The summed E-state index contributed by atoms with van der Waals surface area (Å²) >= 11 is 4.54. The number of aryl methyl sites for hydroxylation is 1. The third-order valence-electron chi connectivity index (χ3n) is 2.17. The van der Waals surface area contributed by atoms with Crippen molar-refractivity contribution in [2.75, 3.05) is 13.6 Å². The monoisotopic (exact) mass is 362 g/mol. The van der Waals surface area contributed by atoms with E-state index in [0.29, 0.717) is 10.8 Å². The lowest BCUT2D eigenvalue weighted by Gasteiger charge is -2.10. The summed E-state index contributed by atoms with van der Waals surface area (Å²) in [5, 5.41) is 2.97. The zero-order valence-electron chi connectivity index (χ0n) is 9.78. The predicted octanol–water partition coefficient (Wildman–Crippen LogP) is 2.13. The standard InChI is InChI=1S/C9H15BrN2O2S2.ClH/c1-6-4-8(15-9(6)10)16(13,14)12-5-7(2)11-3;/h4,7,11-12H,5H2,1-3H3;1H. The molecule has 17 heavy (non-hydrogen) atoms. The van der Waals surface area contributed by atoms with Gasteiger partial charge < -0.3 is 5.32 Å². The normalized spacial score (nSPS) is 13.2. The van der Waals surface area contributed by atoms with Crippen LogP contribution in [0.15, 0.2) is 14.1 Å². The van der Waals surface area contributed by atoms with Gasteiger partial charge in [0.05, 0.1) is 3.79 Å². The predicted molar refractivity (Wildman–Crippen MR) is 77.7 cm³/mol. The maximum Gasteiger partial charge on any atom is 0.250 e. The third-order valence-corrected chi connectivity index (χ3v) is 6.21. The van der Waals surface area contributed by atoms with Crippen LogP contribution in [0.25, 0.3) is 0 Å². The maximum atomic E-state index is 11.9. The molecule has 0 fully saturated rings. The number of rotatable bonds is 5. The van der Waals surface area contributed by atoms with Crippen molar-refractivity contribution >= 4 is 49.7 Å². The zero-order valence-corrected chi connectivity index (χ0v) is 13.8. The SMILES string of the molecule is CNC(C)CNS(=O)(=O)c1cc(C)c(Br)s1.Cl. The zero-order chi connectivity index (χ0) is 12.3. The van der Waals surface area contributed by atoms with Gasteiger partial charge in [-0.15, -0.1) is 23.7 Å². The molecule has 0 spiro atoms. The van der Waals surface area contributed by atoms with Crippen molar-refractivity contribution in [1.82, 2.24) is 10.0 Å². The van der Waals surface area contributed by atoms with E-state index in [1.807, 2.05) is 13.8 Å². The van der Waals surface area contributed by atoms with Gasteiger partial charge in [-0.3, -0.25) is 0 Å². The summed E-state index contributed by atoms with van der Waals surface area (Å²) in [5.74, 6) is 0. The lowest BCUT2D eigenvalue weighted by Crippen LogP contribution is -2.36. The van der Waals surface area contributed by atoms with Crippen LogP contribution in [0.1, 0.15) is 12.5 Å². The fraction of sp³-hybridized carbons (Fsp3) is 0.556. The Balaban J connectivity index is 0.00000256. The minimum Gasteiger partial charge on any atom is -0.316 e. The van der Waals surface area contributed by atoms with Gasteiger partial charge in [0.25, 0.3) is 0 Å². The first-order valence-corrected chi connectivity index (χ1v) is 7.89. The van der Waals surface area contributed by atoms with Crippen molar-refractivity contribution in [3.8, 4) is 0 Å². The largest absolute Gasteiger partial charge is 0.316 e.